The van der Waals surface area contributed by atoms with E-state index in [9.17, 15) is 9.59 Å². The van der Waals surface area contributed by atoms with Gasteiger partial charge in [0.2, 0.25) is 11.8 Å². The molecule has 0 aromatic carbocycles. The molecule has 2 saturated heterocycles. The number of carbonyl (C=O) groups is 2. The number of pyridine rings is 1. The van der Waals surface area contributed by atoms with E-state index in [1.54, 1.807) is 4.90 Å². The number of amides is 2. The molecule has 3 heterocycles. The molecule has 2 aliphatic heterocycles. The van der Waals surface area contributed by atoms with E-state index < -0.39 is 0 Å². The number of aromatic nitrogens is 1. The van der Waals surface area contributed by atoms with E-state index in [4.69, 9.17) is 0 Å². The lowest BCUT2D eigenvalue weighted by Crippen LogP contribution is -2.52. The van der Waals surface area contributed by atoms with Crippen molar-refractivity contribution in [3.8, 4) is 0 Å². The van der Waals surface area contributed by atoms with Gasteiger partial charge in [0.25, 0.3) is 0 Å². The van der Waals surface area contributed by atoms with Crippen LogP contribution in [0, 0.1) is 5.92 Å². The molecular formula is C16H22N4O2. The fraction of sp³-hybridized carbons (Fsp3) is 0.562. The molecule has 2 fully saturated rings. The molecule has 0 aliphatic carbocycles. The summed E-state index contributed by atoms with van der Waals surface area (Å²) in [5.74, 6) is 0.607. The molecular weight excluding hydrogens is 280 g/mol. The van der Waals surface area contributed by atoms with Crippen LogP contribution in [-0.4, -0.2) is 65.9 Å². The maximum Gasteiger partial charge on any atom is 0.239 e. The Morgan fingerprint density at radius 1 is 1.32 bits per heavy atom. The highest BCUT2D eigenvalue weighted by Crippen LogP contribution is 2.20. The Labute approximate surface area is 130 Å². The fourth-order valence-corrected chi connectivity index (χ4v) is 3.22. The molecule has 0 spiro atoms. The van der Waals surface area contributed by atoms with Crippen molar-refractivity contribution >= 4 is 11.8 Å². The lowest BCUT2D eigenvalue weighted by molar-refractivity contribution is -0.138. The standard InChI is InChI=1S/C16H22N4O2/c21-15-11-20(8-6-18-15)16(22)12-19-7-3-14(10-19)9-13-1-4-17-5-2-13/h1-2,4-5,14H,3,6-12H2,(H,18,21). The molecule has 118 valence electrons. The first-order valence-electron chi connectivity index (χ1n) is 7.86. The van der Waals surface area contributed by atoms with Crippen molar-refractivity contribution < 1.29 is 9.59 Å². The Bertz CT molecular complexity index is 534. The summed E-state index contributed by atoms with van der Waals surface area (Å²) < 4.78 is 0. The predicted octanol–water partition coefficient (Wildman–Crippen LogP) is -0.0956. The number of nitrogens with one attached hydrogen (secondary N) is 1. The number of nitrogens with zero attached hydrogens (tertiary/aromatic N) is 3. The number of likely N-dealkylation sites (tertiary alicyclic amines) is 1. The second-order valence-electron chi connectivity index (χ2n) is 6.11. The molecule has 6 heteroatoms. The van der Waals surface area contributed by atoms with Gasteiger partial charge in [-0.1, -0.05) is 0 Å². The van der Waals surface area contributed by atoms with E-state index in [0.717, 1.165) is 25.9 Å². The van der Waals surface area contributed by atoms with Crippen LogP contribution in [0.15, 0.2) is 24.5 Å². The minimum absolute atomic E-state index is 0.0587. The fourth-order valence-electron chi connectivity index (χ4n) is 3.22. The summed E-state index contributed by atoms with van der Waals surface area (Å²) in [6, 6.07) is 4.11. The van der Waals surface area contributed by atoms with Crippen LogP contribution in [0.4, 0.5) is 0 Å². The summed E-state index contributed by atoms with van der Waals surface area (Å²) in [6.07, 6.45) is 5.81. The average Bonchev–Trinajstić information content (AvgIpc) is 2.95. The Hall–Kier alpha value is -1.95. The lowest BCUT2D eigenvalue weighted by Gasteiger charge is -2.28. The van der Waals surface area contributed by atoms with Crippen molar-refractivity contribution in [2.24, 2.45) is 5.92 Å². The molecule has 2 aliphatic rings. The minimum atomic E-state index is -0.0587. The second-order valence-corrected chi connectivity index (χ2v) is 6.11. The van der Waals surface area contributed by atoms with Crippen LogP contribution in [0.1, 0.15) is 12.0 Å². The zero-order chi connectivity index (χ0) is 15.4. The summed E-state index contributed by atoms with van der Waals surface area (Å²) in [5.41, 5.74) is 1.31. The highest BCUT2D eigenvalue weighted by Gasteiger charge is 2.27. The summed E-state index contributed by atoms with van der Waals surface area (Å²) in [5, 5.41) is 2.74. The predicted molar refractivity (Wildman–Crippen MR) is 82.1 cm³/mol. The van der Waals surface area contributed by atoms with Gasteiger partial charge in [-0.15, -0.1) is 0 Å². The van der Waals surface area contributed by atoms with E-state index >= 15 is 0 Å². The Balaban J connectivity index is 1.46. The van der Waals surface area contributed by atoms with Crippen molar-refractivity contribution in [3.05, 3.63) is 30.1 Å². The lowest BCUT2D eigenvalue weighted by atomic mass is 10.00. The first kappa shape index (κ1) is 15.0. The molecule has 1 unspecified atom stereocenters. The minimum Gasteiger partial charge on any atom is -0.353 e. The third-order valence-electron chi connectivity index (χ3n) is 4.39. The van der Waals surface area contributed by atoms with Gasteiger partial charge >= 0.3 is 0 Å². The van der Waals surface area contributed by atoms with Crippen molar-refractivity contribution in [1.29, 1.82) is 0 Å². The topological polar surface area (TPSA) is 65.5 Å². The number of rotatable bonds is 4. The van der Waals surface area contributed by atoms with E-state index in [1.165, 1.54) is 5.56 Å². The maximum absolute atomic E-state index is 12.3. The molecule has 0 saturated carbocycles. The van der Waals surface area contributed by atoms with Gasteiger partial charge < -0.3 is 10.2 Å². The van der Waals surface area contributed by atoms with Crippen molar-refractivity contribution in [2.45, 2.75) is 12.8 Å². The first-order chi connectivity index (χ1) is 10.7. The van der Waals surface area contributed by atoms with Crippen molar-refractivity contribution in [1.82, 2.24) is 20.1 Å². The third-order valence-corrected chi connectivity index (χ3v) is 4.39. The third kappa shape index (κ3) is 3.82. The van der Waals surface area contributed by atoms with Crippen LogP contribution < -0.4 is 5.32 Å². The quantitative estimate of drug-likeness (QED) is 0.844. The normalized spacial score (nSPS) is 22.6. The molecule has 22 heavy (non-hydrogen) atoms. The molecule has 2 amide bonds. The molecule has 3 rings (SSSR count). The van der Waals surface area contributed by atoms with Crippen LogP contribution in [0.5, 0.6) is 0 Å². The maximum atomic E-state index is 12.3. The molecule has 0 radical (unpaired) electrons. The van der Waals surface area contributed by atoms with E-state index in [1.807, 2.05) is 12.4 Å². The molecule has 6 nitrogen and oxygen atoms in total. The summed E-state index contributed by atoms with van der Waals surface area (Å²) in [4.78, 5) is 31.5. The van der Waals surface area contributed by atoms with Gasteiger partial charge in [-0.2, -0.15) is 0 Å². The highest BCUT2D eigenvalue weighted by atomic mass is 16.2. The van der Waals surface area contributed by atoms with Gasteiger partial charge in [0.15, 0.2) is 0 Å². The zero-order valence-corrected chi connectivity index (χ0v) is 12.7. The van der Waals surface area contributed by atoms with Crippen LogP contribution >= 0.6 is 0 Å². The molecule has 0 bridgehead atoms. The first-order valence-corrected chi connectivity index (χ1v) is 7.86. The van der Waals surface area contributed by atoms with E-state index in [-0.39, 0.29) is 18.4 Å². The largest absolute Gasteiger partial charge is 0.353 e. The van der Waals surface area contributed by atoms with Crippen LogP contribution in [0.2, 0.25) is 0 Å². The summed E-state index contributed by atoms with van der Waals surface area (Å²) in [6.45, 7) is 3.73. The number of piperazine rings is 1. The Morgan fingerprint density at radius 2 is 2.14 bits per heavy atom. The van der Waals surface area contributed by atoms with Gasteiger partial charge in [0, 0.05) is 32.0 Å². The Kier molecular flexibility index (Phi) is 4.68. The molecule has 1 aromatic rings. The van der Waals surface area contributed by atoms with Crippen molar-refractivity contribution in [3.63, 3.8) is 0 Å². The van der Waals surface area contributed by atoms with E-state index in [0.29, 0.717) is 25.6 Å². The monoisotopic (exact) mass is 302 g/mol. The molecule has 1 aromatic heterocycles. The van der Waals surface area contributed by atoms with Gasteiger partial charge in [-0.25, -0.2) is 0 Å². The molecule has 1 N–H and O–H groups in total. The number of hydrogen-bond donors (Lipinski definition) is 1. The SMILES string of the molecule is O=C1CN(C(=O)CN2CCC(Cc3ccncc3)C2)CCN1. The molecule has 1 atom stereocenters. The Morgan fingerprint density at radius 3 is 2.91 bits per heavy atom. The summed E-state index contributed by atoms with van der Waals surface area (Å²) in [7, 11) is 0. The number of carbonyl (C=O) groups excluding carboxylic acids is 2. The number of hydrogen-bond acceptors (Lipinski definition) is 4. The smallest absolute Gasteiger partial charge is 0.239 e. The van der Waals surface area contributed by atoms with Gasteiger partial charge in [-0.05, 0) is 43.0 Å². The highest BCUT2D eigenvalue weighted by molar-refractivity contribution is 5.86. The average molecular weight is 302 g/mol. The van der Waals surface area contributed by atoms with Gasteiger partial charge in [0.05, 0.1) is 13.1 Å². The van der Waals surface area contributed by atoms with Crippen LogP contribution in [0.25, 0.3) is 0 Å². The van der Waals surface area contributed by atoms with Crippen LogP contribution in [-0.2, 0) is 16.0 Å². The van der Waals surface area contributed by atoms with E-state index in [2.05, 4.69) is 27.3 Å². The van der Waals surface area contributed by atoms with Gasteiger partial charge in [-0.3, -0.25) is 19.5 Å². The second kappa shape index (κ2) is 6.87. The van der Waals surface area contributed by atoms with Gasteiger partial charge in [0.1, 0.15) is 0 Å². The zero-order valence-electron chi connectivity index (χ0n) is 12.7. The van der Waals surface area contributed by atoms with Crippen LogP contribution in [0.3, 0.4) is 0 Å². The summed E-state index contributed by atoms with van der Waals surface area (Å²) >= 11 is 0. The van der Waals surface area contributed by atoms with Crippen molar-refractivity contribution in [2.75, 3.05) is 39.3 Å².